The smallest absolute Gasteiger partial charge is 0.243 e. The lowest BCUT2D eigenvalue weighted by Gasteiger charge is -2.13. The molecule has 22 heavy (non-hydrogen) atoms. The van der Waals surface area contributed by atoms with E-state index in [1.165, 1.54) is 18.2 Å². The summed E-state index contributed by atoms with van der Waals surface area (Å²) in [6.07, 6.45) is 0.543. The first-order valence-corrected chi connectivity index (χ1v) is 8.39. The minimum absolute atomic E-state index is 0.220. The molecule has 0 aliphatic heterocycles. The van der Waals surface area contributed by atoms with E-state index in [4.69, 9.17) is 0 Å². The number of halogens is 1. The van der Waals surface area contributed by atoms with Crippen molar-refractivity contribution in [3.8, 4) is 0 Å². The van der Waals surface area contributed by atoms with Gasteiger partial charge in [0.2, 0.25) is 10.0 Å². The number of benzene rings is 2. The molecular formula is C16H19FN2O2S. The maximum Gasteiger partial charge on any atom is 0.243 e. The Labute approximate surface area is 130 Å². The number of anilines is 1. The largest absolute Gasteiger partial charge is 0.378 e. The second kappa shape index (κ2) is 6.89. The third-order valence-corrected chi connectivity index (χ3v) is 4.78. The van der Waals surface area contributed by atoms with Crippen molar-refractivity contribution in [3.63, 3.8) is 0 Å². The van der Waals surface area contributed by atoms with Crippen molar-refractivity contribution in [3.05, 3.63) is 59.9 Å². The number of rotatable bonds is 6. The normalized spacial score (nSPS) is 11.4. The van der Waals surface area contributed by atoms with E-state index in [0.717, 1.165) is 17.3 Å². The molecule has 0 bridgehead atoms. The Kier molecular flexibility index (Phi) is 5.15. The van der Waals surface area contributed by atoms with Gasteiger partial charge in [-0.3, -0.25) is 0 Å². The van der Waals surface area contributed by atoms with Crippen molar-refractivity contribution in [2.75, 3.05) is 25.5 Å². The quantitative estimate of drug-likeness (QED) is 0.888. The molecule has 2 rings (SSSR count). The molecule has 1 N–H and O–H groups in total. The summed E-state index contributed by atoms with van der Waals surface area (Å²) in [5.74, 6) is -0.745. The molecule has 0 aliphatic rings. The van der Waals surface area contributed by atoms with E-state index in [9.17, 15) is 12.8 Å². The van der Waals surface area contributed by atoms with Gasteiger partial charge in [0.05, 0.1) is 0 Å². The molecule has 2 aromatic carbocycles. The van der Waals surface area contributed by atoms with Gasteiger partial charge < -0.3 is 4.90 Å². The van der Waals surface area contributed by atoms with Gasteiger partial charge in [0.25, 0.3) is 0 Å². The molecule has 0 aromatic heterocycles. The Bertz CT molecular complexity index is 728. The van der Waals surface area contributed by atoms with Crippen molar-refractivity contribution in [2.24, 2.45) is 0 Å². The number of hydrogen-bond donors (Lipinski definition) is 1. The van der Waals surface area contributed by atoms with E-state index in [1.807, 2.05) is 43.3 Å². The van der Waals surface area contributed by atoms with Crippen LogP contribution in [-0.4, -0.2) is 29.1 Å². The molecule has 0 aliphatic carbocycles. The van der Waals surface area contributed by atoms with E-state index < -0.39 is 15.8 Å². The minimum atomic E-state index is -3.82. The molecule has 4 nitrogen and oxygen atoms in total. The summed E-state index contributed by atoms with van der Waals surface area (Å²) >= 11 is 0. The fraction of sp³-hybridized carbons (Fsp3) is 0.250. The highest BCUT2D eigenvalue weighted by molar-refractivity contribution is 7.89. The van der Waals surface area contributed by atoms with Crippen LogP contribution in [0.1, 0.15) is 5.56 Å². The van der Waals surface area contributed by atoms with Gasteiger partial charge in [-0.15, -0.1) is 0 Å². The van der Waals surface area contributed by atoms with Crippen LogP contribution >= 0.6 is 0 Å². The molecule has 0 amide bonds. The summed E-state index contributed by atoms with van der Waals surface area (Å²) in [6, 6.07) is 13.2. The van der Waals surface area contributed by atoms with Gasteiger partial charge in [-0.05, 0) is 36.2 Å². The zero-order chi connectivity index (χ0) is 16.2. The highest BCUT2D eigenvalue weighted by Gasteiger charge is 2.17. The fourth-order valence-electron chi connectivity index (χ4n) is 2.03. The molecule has 0 fully saturated rings. The van der Waals surface area contributed by atoms with Crippen LogP contribution in [0.3, 0.4) is 0 Å². The van der Waals surface area contributed by atoms with Gasteiger partial charge in [-0.2, -0.15) is 0 Å². The Morgan fingerprint density at radius 1 is 1.05 bits per heavy atom. The maximum absolute atomic E-state index is 13.5. The summed E-state index contributed by atoms with van der Waals surface area (Å²) in [5, 5.41) is 0. The molecule has 0 spiro atoms. The SMILES string of the molecule is CN(C)c1ccc(CCNS(=O)(=O)c2ccccc2F)cc1. The van der Waals surface area contributed by atoms with Crippen molar-refractivity contribution in [2.45, 2.75) is 11.3 Å². The first-order chi connectivity index (χ1) is 10.4. The van der Waals surface area contributed by atoms with Crippen LogP contribution in [0, 0.1) is 5.82 Å². The second-order valence-corrected chi connectivity index (χ2v) is 6.87. The van der Waals surface area contributed by atoms with Crippen molar-refractivity contribution >= 4 is 15.7 Å². The predicted molar refractivity (Wildman–Crippen MR) is 86.1 cm³/mol. The standard InChI is InChI=1S/C16H19FN2O2S/c1-19(2)14-9-7-13(8-10-14)11-12-18-22(20,21)16-6-4-3-5-15(16)17/h3-10,18H,11-12H2,1-2H3. The second-order valence-electron chi connectivity index (χ2n) is 5.14. The van der Waals surface area contributed by atoms with E-state index >= 15 is 0 Å². The fourth-order valence-corrected chi connectivity index (χ4v) is 3.14. The van der Waals surface area contributed by atoms with Crippen LogP contribution in [0.2, 0.25) is 0 Å². The molecule has 0 atom stereocenters. The lowest BCUT2D eigenvalue weighted by molar-refractivity contribution is 0.557. The molecule has 0 saturated heterocycles. The average molecular weight is 322 g/mol. The summed E-state index contributed by atoms with van der Waals surface area (Å²) in [6.45, 7) is 0.220. The molecule has 0 radical (unpaired) electrons. The van der Waals surface area contributed by atoms with Crippen molar-refractivity contribution < 1.29 is 12.8 Å². The highest BCUT2D eigenvalue weighted by Crippen LogP contribution is 2.14. The van der Waals surface area contributed by atoms with E-state index in [2.05, 4.69) is 4.72 Å². The first-order valence-electron chi connectivity index (χ1n) is 6.90. The summed E-state index contributed by atoms with van der Waals surface area (Å²) < 4.78 is 40.0. The van der Waals surface area contributed by atoms with Crippen LogP contribution in [0.25, 0.3) is 0 Å². The zero-order valence-corrected chi connectivity index (χ0v) is 13.4. The summed E-state index contributed by atoms with van der Waals surface area (Å²) in [7, 11) is 0.0959. The summed E-state index contributed by atoms with van der Waals surface area (Å²) in [4.78, 5) is 1.67. The van der Waals surface area contributed by atoms with Gasteiger partial charge in [-0.1, -0.05) is 24.3 Å². The monoisotopic (exact) mass is 322 g/mol. The molecule has 118 valence electrons. The van der Waals surface area contributed by atoms with Gasteiger partial charge in [-0.25, -0.2) is 17.5 Å². The van der Waals surface area contributed by atoms with E-state index in [-0.39, 0.29) is 11.4 Å². The third kappa shape index (κ3) is 4.05. The van der Waals surface area contributed by atoms with Gasteiger partial charge in [0.1, 0.15) is 10.7 Å². The van der Waals surface area contributed by atoms with Crippen LogP contribution in [-0.2, 0) is 16.4 Å². The molecule has 0 saturated carbocycles. The molecule has 2 aromatic rings. The molecule has 0 heterocycles. The average Bonchev–Trinajstić information content (AvgIpc) is 2.48. The third-order valence-electron chi connectivity index (χ3n) is 3.28. The number of sulfonamides is 1. The topological polar surface area (TPSA) is 49.4 Å². The predicted octanol–water partition coefficient (Wildman–Crippen LogP) is 2.41. The Balaban J connectivity index is 1.97. The molecular weight excluding hydrogens is 303 g/mol. The van der Waals surface area contributed by atoms with Crippen molar-refractivity contribution in [1.82, 2.24) is 4.72 Å². The Morgan fingerprint density at radius 3 is 2.27 bits per heavy atom. The van der Waals surface area contributed by atoms with Crippen molar-refractivity contribution in [1.29, 1.82) is 0 Å². The molecule has 0 unspecified atom stereocenters. The van der Waals surface area contributed by atoms with E-state index in [1.54, 1.807) is 0 Å². The van der Waals surface area contributed by atoms with Crippen LogP contribution in [0.4, 0.5) is 10.1 Å². The minimum Gasteiger partial charge on any atom is -0.378 e. The maximum atomic E-state index is 13.5. The Hall–Kier alpha value is -1.92. The Morgan fingerprint density at radius 2 is 1.68 bits per heavy atom. The number of hydrogen-bond acceptors (Lipinski definition) is 3. The lowest BCUT2D eigenvalue weighted by Crippen LogP contribution is -2.26. The summed E-state index contributed by atoms with van der Waals surface area (Å²) in [5.41, 5.74) is 2.09. The lowest BCUT2D eigenvalue weighted by atomic mass is 10.1. The zero-order valence-electron chi connectivity index (χ0n) is 12.6. The first kappa shape index (κ1) is 16.5. The van der Waals surface area contributed by atoms with E-state index in [0.29, 0.717) is 6.42 Å². The van der Waals surface area contributed by atoms with Crippen LogP contribution in [0.15, 0.2) is 53.4 Å². The molecule has 6 heteroatoms. The van der Waals surface area contributed by atoms with Crippen LogP contribution < -0.4 is 9.62 Å². The highest BCUT2D eigenvalue weighted by atomic mass is 32.2. The van der Waals surface area contributed by atoms with Gasteiger partial charge in [0.15, 0.2) is 0 Å². The number of nitrogens with zero attached hydrogens (tertiary/aromatic N) is 1. The number of nitrogens with one attached hydrogen (secondary N) is 1. The van der Waals surface area contributed by atoms with Gasteiger partial charge in [0, 0.05) is 26.3 Å². The van der Waals surface area contributed by atoms with Gasteiger partial charge >= 0.3 is 0 Å². The van der Waals surface area contributed by atoms with Crippen LogP contribution in [0.5, 0.6) is 0 Å².